The van der Waals surface area contributed by atoms with Crippen molar-refractivity contribution < 1.29 is 9.53 Å². The van der Waals surface area contributed by atoms with Crippen LogP contribution in [0.5, 0.6) is 0 Å². The predicted molar refractivity (Wildman–Crippen MR) is 95.8 cm³/mol. The number of hydrogen-bond donors (Lipinski definition) is 0. The summed E-state index contributed by atoms with van der Waals surface area (Å²) >= 11 is 0. The van der Waals surface area contributed by atoms with Crippen LogP contribution in [-0.2, 0) is 9.53 Å². The number of carbonyl (C=O) groups is 1. The zero-order chi connectivity index (χ0) is 17.0. The van der Waals surface area contributed by atoms with Gasteiger partial charge in [0.1, 0.15) is 0 Å². The number of amides is 1. The first-order valence-electron chi connectivity index (χ1n) is 9.28. The minimum Gasteiger partial charge on any atom is -0.379 e. The van der Waals surface area contributed by atoms with Crippen LogP contribution < -0.4 is 0 Å². The van der Waals surface area contributed by atoms with E-state index in [1.54, 1.807) is 0 Å². The van der Waals surface area contributed by atoms with Gasteiger partial charge in [0.15, 0.2) is 0 Å². The molecule has 1 aromatic rings. The number of hydrogen-bond acceptors (Lipinski definition) is 3. The fraction of sp³-hybridized carbons (Fsp3) is 0.650. The molecule has 132 valence electrons. The Hall–Kier alpha value is -1.39. The summed E-state index contributed by atoms with van der Waals surface area (Å²) in [7, 11) is 0. The average Bonchev–Trinajstić information content (AvgIpc) is 2.79. The molecule has 1 aromatic carbocycles. The van der Waals surface area contributed by atoms with Crippen molar-refractivity contribution >= 4 is 5.91 Å². The molecule has 0 N–H and O–H groups in total. The number of nitrogens with zero attached hydrogens (tertiary/aromatic N) is 2. The third-order valence-electron chi connectivity index (χ3n) is 5.45. The van der Waals surface area contributed by atoms with Gasteiger partial charge in [0.05, 0.1) is 19.3 Å². The largest absolute Gasteiger partial charge is 0.379 e. The number of ether oxygens (including phenoxy) is 1. The summed E-state index contributed by atoms with van der Waals surface area (Å²) in [6, 6.07) is 10.5. The topological polar surface area (TPSA) is 32.8 Å². The molecule has 2 aliphatic rings. The lowest BCUT2D eigenvalue weighted by molar-refractivity contribution is -0.129. The highest BCUT2D eigenvalue weighted by atomic mass is 16.5. The van der Waals surface area contributed by atoms with E-state index in [2.05, 4.69) is 35.8 Å². The normalized spacial score (nSPS) is 26.8. The Labute approximate surface area is 145 Å². The molecule has 0 aromatic heterocycles. The van der Waals surface area contributed by atoms with Crippen molar-refractivity contribution in [2.45, 2.75) is 39.2 Å². The van der Waals surface area contributed by atoms with Crippen molar-refractivity contribution in [3.05, 3.63) is 35.9 Å². The fourth-order valence-corrected chi connectivity index (χ4v) is 4.05. The Balaban J connectivity index is 1.72. The molecular weight excluding hydrogens is 300 g/mol. The molecule has 1 amide bonds. The zero-order valence-electron chi connectivity index (χ0n) is 15.0. The van der Waals surface area contributed by atoms with E-state index in [1.807, 2.05) is 18.2 Å². The second-order valence-electron chi connectivity index (χ2n) is 7.47. The first-order chi connectivity index (χ1) is 11.6. The molecule has 2 fully saturated rings. The Morgan fingerprint density at radius 3 is 2.79 bits per heavy atom. The maximum atomic E-state index is 12.7. The fourth-order valence-electron chi connectivity index (χ4n) is 4.05. The van der Waals surface area contributed by atoms with Crippen LogP contribution in [0.2, 0.25) is 0 Å². The average molecular weight is 330 g/mol. The number of carbonyl (C=O) groups excluding carboxylic acids is 1. The van der Waals surface area contributed by atoms with Crippen LogP contribution in [-0.4, -0.2) is 55.1 Å². The van der Waals surface area contributed by atoms with Gasteiger partial charge in [-0.2, -0.15) is 0 Å². The molecule has 0 unspecified atom stereocenters. The van der Waals surface area contributed by atoms with Gasteiger partial charge < -0.3 is 14.5 Å². The van der Waals surface area contributed by atoms with Crippen molar-refractivity contribution in [2.24, 2.45) is 5.41 Å². The van der Waals surface area contributed by atoms with Crippen LogP contribution in [0.1, 0.15) is 44.7 Å². The smallest absolute Gasteiger partial charge is 0.223 e. The van der Waals surface area contributed by atoms with Crippen molar-refractivity contribution in [1.82, 2.24) is 9.80 Å². The van der Waals surface area contributed by atoms with Crippen LogP contribution in [0.25, 0.3) is 0 Å². The Kier molecular flexibility index (Phi) is 5.57. The SMILES string of the molecule is CCCCN1CCOC[C@@]2(CC(=O)N([C@H](C)c3ccccc3)C2)C1. The number of unbranched alkanes of at least 4 members (excludes halogenated alkanes) is 1. The van der Waals surface area contributed by atoms with E-state index < -0.39 is 0 Å². The lowest BCUT2D eigenvalue weighted by Crippen LogP contribution is -2.41. The second-order valence-corrected chi connectivity index (χ2v) is 7.47. The molecule has 1 spiro atoms. The minimum atomic E-state index is -0.0373. The third kappa shape index (κ3) is 3.81. The Morgan fingerprint density at radius 1 is 1.25 bits per heavy atom. The summed E-state index contributed by atoms with van der Waals surface area (Å²) < 4.78 is 5.90. The number of likely N-dealkylation sites (tertiary alicyclic amines) is 1. The van der Waals surface area contributed by atoms with E-state index in [0.717, 1.165) is 32.8 Å². The summed E-state index contributed by atoms with van der Waals surface area (Å²) in [5.74, 6) is 0.271. The van der Waals surface area contributed by atoms with Crippen LogP contribution in [0.3, 0.4) is 0 Å². The highest BCUT2D eigenvalue weighted by Crippen LogP contribution is 2.38. The molecule has 2 aliphatic heterocycles. The van der Waals surface area contributed by atoms with Gasteiger partial charge >= 0.3 is 0 Å². The van der Waals surface area contributed by atoms with Gasteiger partial charge in [0.2, 0.25) is 5.91 Å². The van der Waals surface area contributed by atoms with Gasteiger partial charge in [0, 0.05) is 31.5 Å². The predicted octanol–water partition coefficient (Wildman–Crippen LogP) is 3.10. The molecule has 2 atom stereocenters. The van der Waals surface area contributed by atoms with Crippen molar-refractivity contribution in [2.75, 3.05) is 39.4 Å². The summed E-state index contributed by atoms with van der Waals surface area (Å²) in [4.78, 5) is 17.3. The Morgan fingerprint density at radius 2 is 2.04 bits per heavy atom. The second kappa shape index (κ2) is 7.66. The molecule has 24 heavy (non-hydrogen) atoms. The van der Waals surface area contributed by atoms with Gasteiger partial charge in [0.25, 0.3) is 0 Å². The number of benzene rings is 1. The van der Waals surface area contributed by atoms with Gasteiger partial charge in [-0.3, -0.25) is 4.79 Å². The van der Waals surface area contributed by atoms with Crippen LogP contribution in [0, 0.1) is 5.41 Å². The van der Waals surface area contributed by atoms with E-state index in [0.29, 0.717) is 13.0 Å². The van der Waals surface area contributed by atoms with Crippen molar-refractivity contribution in [3.63, 3.8) is 0 Å². The summed E-state index contributed by atoms with van der Waals surface area (Å²) in [6.45, 7) is 9.76. The monoisotopic (exact) mass is 330 g/mol. The standard InChI is InChI=1S/C20H30N2O2/c1-3-4-10-21-11-12-24-16-20(14-21)13-19(23)22(15-20)17(2)18-8-6-5-7-9-18/h5-9,17H,3-4,10-16H2,1-2H3/t17-,20+/m1/s1. The van der Waals surface area contributed by atoms with Gasteiger partial charge in [-0.1, -0.05) is 43.7 Å². The van der Waals surface area contributed by atoms with Crippen LogP contribution in [0.4, 0.5) is 0 Å². The quantitative estimate of drug-likeness (QED) is 0.832. The molecule has 0 bridgehead atoms. The molecule has 0 aliphatic carbocycles. The first-order valence-corrected chi connectivity index (χ1v) is 9.28. The minimum absolute atomic E-state index is 0.0373. The van der Waals surface area contributed by atoms with Gasteiger partial charge in [-0.25, -0.2) is 0 Å². The highest BCUT2D eigenvalue weighted by Gasteiger charge is 2.46. The maximum absolute atomic E-state index is 12.7. The van der Waals surface area contributed by atoms with E-state index in [4.69, 9.17) is 4.74 Å². The first kappa shape index (κ1) is 17.4. The van der Waals surface area contributed by atoms with E-state index in [-0.39, 0.29) is 17.4 Å². The number of rotatable bonds is 5. The molecular formula is C20H30N2O2. The van der Waals surface area contributed by atoms with Crippen LogP contribution >= 0.6 is 0 Å². The summed E-state index contributed by atoms with van der Waals surface area (Å²) in [6.07, 6.45) is 3.04. The molecule has 2 heterocycles. The Bertz CT molecular complexity index is 548. The lowest BCUT2D eigenvalue weighted by atomic mass is 9.87. The maximum Gasteiger partial charge on any atom is 0.223 e. The third-order valence-corrected chi connectivity index (χ3v) is 5.45. The van der Waals surface area contributed by atoms with E-state index in [1.165, 1.54) is 18.4 Å². The van der Waals surface area contributed by atoms with Gasteiger partial charge in [-0.05, 0) is 25.5 Å². The molecule has 4 heteroatoms. The van der Waals surface area contributed by atoms with Crippen molar-refractivity contribution in [3.8, 4) is 0 Å². The van der Waals surface area contributed by atoms with Crippen molar-refractivity contribution in [1.29, 1.82) is 0 Å². The summed E-state index contributed by atoms with van der Waals surface area (Å²) in [5.41, 5.74) is 1.17. The highest BCUT2D eigenvalue weighted by molar-refractivity contribution is 5.80. The molecule has 2 saturated heterocycles. The van der Waals surface area contributed by atoms with Crippen LogP contribution in [0.15, 0.2) is 30.3 Å². The van der Waals surface area contributed by atoms with E-state index >= 15 is 0 Å². The molecule has 4 nitrogen and oxygen atoms in total. The van der Waals surface area contributed by atoms with E-state index in [9.17, 15) is 4.79 Å². The summed E-state index contributed by atoms with van der Waals surface area (Å²) in [5, 5.41) is 0. The van der Waals surface area contributed by atoms with Gasteiger partial charge in [-0.15, -0.1) is 0 Å². The molecule has 3 rings (SSSR count). The zero-order valence-corrected chi connectivity index (χ0v) is 15.0. The lowest BCUT2D eigenvalue weighted by Gasteiger charge is -2.32. The molecule has 0 radical (unpaired) electrons. The molecule has 0 saturated carbocycles.